The Morgan fingerprint density at radius 1 is 1.07 bits per heavy atom. The molecule has 0 radical (unpaired) electrons. The van der Waals surface area contributed by atoms with E-state index in [1.165, 1.54) is 23.4 Å². The van der Waals surface area contributed by atoms with Crippen molar-refractivity contribution in [2.45, 2.75) is 31.1 Å². The van der Waals surface area contributed by atoms with Gasteiger partial charge in [0.1, 0.15) is 11.6 Å². The molecule has 1 aliphatic heterocycles. The molecule has 1 aromatic heterocycles. The highest BCUT2D eigenvalue weighted by atomic mass is 19.1. The summed E-state index contributed by atoms with van der Waals surface area (Å²) in [6, 6.07) is 18.3. The minimum Gasteiger partial charge on any atom is -0.326 e. The monoisotopic (exact) mass is 387 g/mol. The third-order valence-electron chi connectivity index (χ3n) is 6.20. The predicted molar refractivity (Wildman–Crippen MR) is 112 cm³/mol. The number of carbonyl (C=O) groups excluding carboxylic acids is 1. The number of hydrogen-bond donors (Lipinski definition) is 1. The molecule has 1 saturated carbocycles. The van der Waals surface area contributed by atoms with Crippen LogP contribution in [0.1, 0.15) is 30.4 Å². The fraction of sp³-hybridized carbons (Fsp3) is 0.250. The van der Waals surface area contributed by atoms with Crippen LogP contribution in [-0.2, 0) is 16.6 Å². The predicted octanol–water partition coefficient (Wildman–Crippen LogP) is 4.98. The second-order valence-electron chi connectivity index (χ2n) is 7.83. The molecule has 2 heterocycles. The van der Waals surface area contributed by atoms with Crippen LogP contribution in [-0.4, -0.2) is 17.4 Å². The van der Waals surface area contributed by atoms with Crippen molar-refractivity contribution < 1.29 is 9.18 Å². The number of fused-ring (bicyclic) bond motifs is 1. The van der Waals surface area contributed by atoms with E-state index in [-0.39, 0.29) is 11.7 Å². The summed E-state index contributed by atoms with van der Waals surface area (Å²) < 4.78 is 13.2. The largest absolute Gasteiger partial charge is 0.326 e. The van der Waals surface area contributed by atoms with Gasteiger partial charge in [0.2, 0.25) is 5.91 Å². The van der Waals surface area contributed by atoms with Gasteiger partial charge in [0.05, 0.1) is 5.41 Å². The number of rotatable bonds is 4. The zero-order valence-corrected chi connectivity index (χ0v) is 16.1. The number of hydrogen-bond acceptors (Lipinski definition) is 3. The maximum atomic E-state index is 13.2. The molecule has 0 spiro atoms. The summed E-state index contributed by atoms with van der Waals surface area (Å²) in [5, 5.41) is 2.99. The molecular formula is C24H22FN3O. The van der Waals surface area contributed by atoms with E-state index in [9.17, 15) is 9.18 Å². The Morgan fingerprint density at radius 3 is 2.59 bits per heavy atom. The van der Waals surface area contributed by atoms with Gasteiger partial charge in [-0.05, 0) is 72.9 Å². The van der Waals surface area contributed by atoms with Crippen molar-refractivity contribution in [1.29, 1.82) is 0 Å². The number of aromatic nitrogens is 1. The Kier molecular flexibility index (Phi) is 4.31. The Balaban J connectivity index is 1.42. The third-order valence-corrected chi connectivity index (χ3v) is 6.20. The maximum absolute atomic E-state index is 13.2. The van der Waals surface area contributed by atoms with E-state index in [4.69, 9.17) is 0 Å². The number of pyridine rings is 1. The van der Waals surface area contributed by atoms with Crippen LogP contribution in [0.5, 0.6) is 0 Å². The standard InChI is InChI=1S/C24H22FN3O/c25-19-6-8-20(9-7-19)27-23(29)24(12-3-13-24)18-5-10-21-17(16-18)11-15-28(21)22-4-1-2-14-26-22/h1-2,4-10,14,16H,3,11-13,15H2,(H,27,29). The lowest BCUT2D eigenvalue weighted by molar-refractivity contribution is -0.124. The van der Waals surface area contributed by atoms with Crippen molar-refractivity contribution in [2.75, 3.05) is 16.8 Å². The van der Waals surface area contributed by atoms with Crippen LogP contribution in [0.3, 0.4) is 0 Å². The molecule has 0 bridgehead atoms. The van der Waals surface area contributed by atoms with E-state index in [1.807, 2.05) is 24.4 Å². The first-order chi connectivity index (χ1) is 14.2. The first kappa shape index (κ1) is 17.9. The van der Waals surface area contributed by atoms with E-state index in [0.29, 0.717) is 5.69 Å². The van der Waals surface area contributed by atoms with Crippen LogP contribution in [0.2, 0.25) is 0 Å². The fourth-order valence-corrected chi connectivity index (χ4v) is 4.41. The molecule has 146 valence electrons. The summed E-state index contributed by atoms with van der Waals surface area (Å²) in [5.74, 6) is 0.638. The van der Waals surface area contributed by atoms with Gasteiger partial charge >= 0.3 is 0 Å². The van der Waals surface area contributed by atoms with Crippen molar-refractivity contribution in [2.24, 2.45) is 0 Å². The van der Waals surface area contributed by atoms with Gasteiger partial charge in [-0.3, -0.25) is 4.79 Å². The van der Waals surface area contributed by atoms with Gasteiger partial charge in [0, 0.05) is 24.1 Å². The van der Waals surface area contributed by atoms with Crippen molar-refractivity contribution in [3.8, 4) is 0 Å². The molecule has 1 N–H and O–H groups in total. The van der Waals surface area contributed by atoms with Gasteiger partial charge in [0.25, 0.3) is 0 Å². The topological polar surface area (TPSA) is 45.2 Å². The highest BCUT2D eigenvalue weighted by Crippen LogP contribution is 2.46. The van der Waals surface area contributed by atoms with E-state index in [2.05, 4.69) is 33.4 Å². The molecule has 0 saturated heterocycles. The molecular weight excluding hydrogens is 365 g/mol. The quantitative estimate of drug-likeness (QED) is 0.687. The van der Waals surface area contributed by atoms with Crippen molar-refractivity contribution in [1.82, 2.24) is 4.98 Å². The molecule has 5 rings (SSSR count). The number of amides is 1. The van der Waals surface area contributed by atoms with Crippen molar-refractivity contribution >= 4 is 23.1 Å². The third kappa shape index (κ3) is 3.07. The highest BCUT2D eigenvalue weighted by Gasteiger charge is 2.46. The normalized spacial score (nSPS) is 16.8. The van der Waals surface area contributed by atoms with Gasteiger partial charge in [0.15, 0.2) is 0 Å². The Labute approximate surface area is 169 Å². The Bertz CT molecular complexity index is 1050. The van der Waals surface area contributed by atoms with Gasteiger partial charge in [-0.2, -0.15) is 0 Å². The number of anilines is 3. The van der Waals surface area contributed by atoms with Crippen molar-refractivity contribution in [3.63, 3.8) is 0 Å². The molecule has 4 nitrogen and oxygen atoms in total. The van der Waals surface area contributed by atoms with Crippen LogP contribution in [0.15, 0.2) is 66.9 Å². The Morgan fingerprint density at radius 2 is 1.90 bits per heavy atom. The lowest BCUT2D eigenvalue weighted by Crippen LogP contribution is -2.46. The first-order valence-electron chi connectivity index (χ1n) is 10.0. The molecule has 2 aliphatic rings. The molecule has 1 aliphatic carbocycles. The van der Waals surface area contributed by atoms with Gasteiger partial charge in [-0.15, -0.1) is 0 Å². The van der Waals surface area contributed by atoms with Gasteiger partial charge in [-0.1, -0.05) is 24.6 Å². The first-order valence-corrected chi connectivity index (χ1v) is 10.0. The minimum atomic E-state index is -0.498. The van der Waals surface area contributed by atoms with Crippen LogP contribution in [0.25, 0.3) is 0 Å². The van der Waals surface area contributed by atoms with E-state index in [1.54, 1.807) is 12.1 Å². The molecule has 3 aromatic rings. The summed E-state index contributed by atoms with van der Waals surface area (Å²) >= 11 is 0. The highest BCUT2D eigenvalue weighted by molar-refractivity contribution is 6.00. The van der Waals surface area contributed by atoms with Gasteiger partial charge < -0.3 is 10.2 Å². The fourth-order valence-electron chi connectivity index (χ4n) is 4.41. The molecule has 29 heavy (non-hydrogen) atoms. The minimum absolute atomic E-state index is 0.00473. The van der Waals surface area contributed by atoms with E-state index in [0.717, 1.165) is 43.6 Å². The second-order valence-corrected chi connectivity index (χ2v) is 7.83. The van der Waals surface area contributed by atoms with Crippen LogP contribution in [0, 0.1) is 5.82 Å². The average molecular weight is 387 g/mol. The number of benzene rings is 2. The number of carbonyl (C=O) groups is 1. The zero-order valence-electron chi connectivity index (χ0n) is 16.1. The average Bonchev–Trinajstić information content (AvgIpc) is 3.13. The van der Waals surface area contributed by atoms with Crippen LogP contribution in [0.4, 0.5) is 21.6 Å². The molecule has 1 fully saturated rings. The molecule has 5 heteroatoms. The second kappa shape index (κ2) is 6.99. The maximum Gasteiger partial charge on any atom is 0.235 e. The molecule has 0 atom stereocenters. The lowest BCUT2D eigenvalue weighted by atomic mass is 9.63. The zero-order chi connectivity index (χ0) is 19.8. The Hall–Kier alpha value is -3.21. The van der Waals surface area contributed by atoms with E-state index >= 15 is 0 Å². The summed E-state index contributed by atoms with van der Waals surface area (Å²) in [4.78, 5) is 19.9. The summed E-state index contributed by atoms with van der Waals surface area (Å²) in [6.07, 6.45) is 5.46. The SMILES string of the molecule is O=C(Nc1ccc(F)cc1)C1(c2ccc3c(c2)CCN3c2ccccn2)CCC1. The lowest BCUT2D eigenvalue weighted by Gasteiger charge is -2.41. The summed E-state index contributed by atoms with van der Waals surface area (Å²) in [6.45, 7) is 0.893. The van der Waals surface area contributed by atoms with Crippen LogP contribution >= 0.6 is 0 Å². The molecule has 2 aromatic carbocycles. The van der Waals surface area contributed by atoms with Crippen LogP contribution < -0.4 is 10.2 Å². The number of nitrogens with one attached hydrogen (secondary N) is 1. The summed E-state index contributed by atoms with van der Waals surface area (Å²) in [5.41, 5.74) is 3.63. The summed E-state index contributed by atoms with van der Waals surface area (Å²) in [7, 11) is 0. The smallest absolute Gasteiger partial charge is 0.235 e. The number of halogens is 1. The van der Waals surface area contributed by atoms with Gasteiger partial charge in [-0.25, -0.2) is 9.37 Å². The van der Waals surface area contributed by atoms with Crippen molar-refractivity contribution in [3.05, 3.63) is 83.8 Å². The molecule has 0 unspecified atom stereocenters. The number of nitrogens with zero attached hydrogens (tertiary/aromatic N) is 2. The molecule has 1 amide bonds. The van der Waals surface area contributed by atoms with E-state index < -0.39 is 5.41 Å².